The van der Waals surface area contributed by atoms with Gasteiger partial charge < -0.3 is 5.32 Å². The number of hydrogen-bond acceptors (Lipinski definition) is 5. The molecule has 2 rings (SSSR count). The first kappa shape index (κ1) is 24.0. The van der Waals surface area contributed by atoms with E-state index in [9.17, 15) is 21.6 Å². The molecular formula is C20H27N3O5S2. The summed E-state index contributed by atoms with van der Waals surface area (Å²) in [6.07, 6.45) is 0. The lowest BCUT2D eigenvalue weighted by Crippen LogP contribution is -2.38. The maximum atomic E-state index is 12.5. The highest BCUT2D eigenvalue weighted by Crippen LogP contribution is 2.17. The second-order valence-corrected chi connectivity index (χ2v) is 11.2. The third kappa shape index (κ3) is 5.66. The molecule has 1 amide bonds. The lowest BCUT2D eigenvalue weighted by molar-refractivity contribution is -0.121. The highest BCUT2D eigenvalue weighted by molar-refractivity contribution is 7.89. The monoisotopic (exact) mass is 453 g/mol. The maximum absolute atomic E-state index is 12.5. The smallest absolute Gasteiger partial charge is 0.243 e. The fourth-order valence-corrected chi connectivity index (χ4v) is 5.06. The predicted octanol–water partition coefficient (Wildman–Crippen LogP) is 1.65. The number of likely N-dealkylation sites (N-methyl/N-ethyl adjacent to an activating group) is 1. The van der Waals surface area contributed by atoms with E-state index in [4.69, 9.17) is 0 Å². The van der Waals surface area contributed by atoms with Crippen LogP contribution in [0, 0.1) is 0 Å². The van der Waals surface area contributed by atoms with Crippen molar-refractivity contribution >= 4 is 26.0 Å². The van der Waals surface area contributed by atoms with E-state index in [2.05, 4.69) is 5.32 Å². The van der Waals surface area contributed by atoms with Gasteiger partial charge >= 0.3 is 0 Å². The van der Waals surface area contributed by atoms with Crippen LogP contribution in [0.2, 0.25) is 0 Å². The summed E-state index contributed by atoms with van der Waals surface area (Å²) in [5.74, 6) is -0.465. The Hall–Kier alpha value is -2.27. The van der Waals surface area contributed by atoms with Crippen molar-refractivity contribution in [1.82, 2.24) is 13.9 Å². The SMILES string of the molecule is CC(C)N(C)S(=O)(=O)c1ccc(CNC(=O)CN(C)S(=O)(=O)c2ccccc2)cc1. The fraction of sp³-hybridized carbons (Fsp3) is 0.350. The average molecular weight is 454 g/mol. The van der Waals surface area contributed by atoms with Crippen LogP contribution in [0.5, 0.6) is 0 Å². The zero-order valence-corrected chi connectivity index (χ0v) is 19.1. The molecule has 164 valence electrons. The lowest BCUT2D eigenvalue weighted by atomic mass is 10.2. The molecule has 2 aromatic carbocycles. The maximum Gasteiger partial charge on any atom is 0.243 e. The molecule has 0 aromatic heterocycles. The van der Waals surface area contributed by atoms with Crippen LogP contribution in [0.4, 0.5) is 0 Å². The van der Waals surface area contributed by atoms with Gasteiger partial charge in [0.2, 0.25) is 26.0 Å². The first-order chi connectivity index (χ1) is 14.0. The van der Waals surface area contributed by atoms with Gasteiger partial charge in [-0.25, -0.2) is 16.8 Å². The molecule has 0 aliphatic heterocycles. The zero-order chi connectivity index (χ0) is 22.5. The van der Waals surface area contributed by atoms with Crippen molar-refractivity contribution in [2.24, 2.45) is 0 Å². The molecule has 0 heterocycles. The van der Waals surface area contributed by atoms with E-state index >= 15 is 0 Å². The van der Waals surface area contributed by atoms with Crippen molar-refractivity contribution in [3.63, 3.8) is 0 Å². The molecule has 0 saturated heterocycles. The molecule has 10 heteroatoms. The molecule has 2 aromatic rings. The second-order valence-electron chi connectivity index (χ2n) is 7.11. The van der Waals surface area contributed by atoms with Gasteiger partial charge in [0, 0.05) is 26.7 Å². The van der Waals surface area contributed by atoms with Crippen molar-refractivity contribution in [3.05, 3.63) is 60.2 Å². The Morgan fingerprint density at radius 2 is 1.40 bits per heavy atom. The standard InChI is InChI=1S/C20H27N3O5S2/c1-16(2)23(4)30(27,28)19-12-10-17(11-13-19)14-21-20(24)15-22(3)29(25,26)18-8-6-5-7-9-18/h5-13,16H,14-15H2,1-4H3,(H,21,24). The van der Waals surface area contributed by atoms with E-state index in [1.54, 1.807) is 44.2 Å². The Labute approximate surface area is 178 Å². The van der Waals surface area contributed by atoms with Gasteiger partial charge in [-0.05, 0) is 43.7 Å². The van der Waals surface area contributed by atoms with E-state index < -0.39 is 26.0 Å². The molecule has 0 fully saturated rings. The minimum absolute atomic E-state index is 0.114. The van der Waals surface area contributed by atoms with Gasteiger partial charge in [-0.1, -0.05) is 30.3 Å². The molecule has 0 atom stereocenters. The van der Waals surface area contributed by atoms with Gasteiger partial charge in [-0.2, -0.15) is 8.61 Å². The number of carbonyl (C=O) groups excluding carboxylic acids is 1. The van der Waals surface area contributed by atoms with Crippen molar-refractivity contribution in [2.75, 3.05) is 20.6 Å². The molecular weight excluding hydrogens is 426 g/mol. The summed E-state index contributed by atoms with van der Waals surface area (Å²) in [5.41, 5.74) is 0.697. The Morgan fingerprint density at radius 3 is 1.93 bits per heavy atom. The predicted molar refractivity (Wildman–Crippen MR) is 115 cm³/mol. The lowest BCUT2D eigenvalue weighted by Gasteiger charge is -2.21. The normalized spacial score (nSPS) is 12.5. The Bertz CT molecular complexity index is 1070. The van der Waals surface area contributed by atoms with Crippen LogP contribution in [0.1, 0.15) is 19.4 Å². The van der Waals surface area contributed by atoms with Crippen LogP contribution >= 0.6 is 0 Å². The molecule has 0 bridgehead atoms. The number of nitrogens with one attached hydrogen (secondary N) is 1. The minimum Gasteiger partial charge on any atom is -0.351 e. The quantitative estimate of drug-likeness (QED) is 0.622. The molecule has 8 nitrogen and oxygen atoms in total. The average Bonchev–Trinajstić information content (AvgIpc) is 2.72. The van der Waals surface area contributed by atoms with Gasteiger partial charge in [0.05, 0.1) is 16.3 Å². The third-order valence-corrected chi connectivity index (χ3v) is 8.50. The fourth-order valence-electron chi connectivity index (χ4n) is 2.54. The summed E-state index contributed by atoms with van der Waals surface area (Å²) in [7, 11) is -4.46. The van der Waals surface area contributed by atoms with E-state index in [0.717, 1.165) is 4.31 Å². The molecule has 0 radical (unpaired) electrons. The van der Waals surface area contributed by atoms with Crippen LogP contribution < -0.4 is 5.32 Å². The van der Waals surface area contributed by atoms with Crippen LogP contribution in [0.25, 0.3) is 0 Å². The molecule has 30 heavy (non-hydrogen) atoms. The number of hydrogen-bond donors (Lipinski definition) is 1. The first-order valence-electron chi connectivity index (χ1n) is 9.31. The Morgan fingerprint density at radius 1 is 0.867 bits per heavy atom. The van der Waals surface area contributed by atoms with E-state index in [1.807, 2.05) is 0 Å². The number of nitrogens with zero attached hydrogens (tertiary/aromatic N) is 2. The molecule has 0 aliphatic carbocycles. The molecule has 0 unspecified atom stereocenters. The van der Waals surface area contributed by atoms with E-state index in [-0.39, 0.29) is 28.9 Å². The van der Waals surface area contributed by atoms with Gasteiger partial charge in [-0.3, -0.25) is 4.79 Å². The summed E-state index contributed by atoms with van der Waals surface area (Å²) in [6.45, 7) is 3.40. The Balaban J connectivity index is 1.97. The number of benzene rings is 2. The van der Waals surface area contributed by atoms with Crippen LogP contribution in [0.15, 0.2) is 64.4 Å². The summed E-state index contributed by atoms with van der Waals surface area (Å²) in [6, 6.07) is 13.9. The second kappa shape index (κ2) is 9.69. The molecule has 0 saturated carbocycles. The first-order valence-corrected chi connectivity index (χ1v) is 12.2. The highest BCUT2D eigenvalue weighted by atomic mass is 32.2. The van der Waals surface area contributed by atoms with E-state index in [1.165, 1.54) is 42.7 Å². The summed E-state index contributed by atoms with van der Waals surface area (Å²) >= 11 is 0. The van der Waals surface area contributed by atoms with Crippen molar-refractivity contribution in [1.29, 1.82) is 0 Å². The summed E-state index contributed by atoms with van der Waals surface area (Å²) in [4.78, 5) is 12.5. The largest absolute Gasteiger partial charge is 0.351 e. The topological polar surface area (TPSA) is 104 Å². The molecule has 0 spiro atoms. The van der Waals surface area contributed by atoms with Gasteiger partial charge in [0.1, 0.15) is 0 Å². The zero-order valence-electron chi connectivity index (χ0n) is 17.4. The van der Waals surface area contributed by atoms with Gasteiger partial charge in [-0.15, -0.1) is 0 Å². The summed E-state index contributed by atoms with van der Waals surface area (Å²) < 4.78 is 52.1. The summed E-state index contributed by atoms with van der Waals surface area (Å²) in [5, 5.41) is 2.65. The molecule has 1 N–H and O–H groups in total. The highest BCUT2D eigenvalue weighted by Gasteiger charge is 2.24. The number of sulfonamides is 2. The van der Waals surface area contributed by atoms with Crippen molar-refractivity contribution in [2.45, 2.75) is 36.2 Å². The van der Waals surface area contributed by atoms with Gasteiger partial charge in [0.15, 0.2) is 0 Å². The van der Waals surface area contributed by atoms with Crippen LogP contribution in [0.3, 0.4) is 0 Å². The van der Waals surface area contributed by atoms with Crippen LogP contribution in [-0.2, 0) is 31.4 Å². The number of rotatable bonds is 9. The van der Waals surface area contributed by atoms with Crippen molar-refractivity contribution in [3.8, 4) is 0 Å². The van der Waals surface area contributed by atoms with Crippen LogP contribution in [-0.4, -0.2) is 58.0 Å². The minimum atomic E-state index is -3.75. The third-order valence-electron chi connectivity index (χ3n) is 4.63. The number of carbonyl (C=O) groups is 1. The molecule has 0 aliphatic rings. The van der Waals surface area contributed by atoms with Gasteiger partial charge in [0.25, 0.3) is 0 Å². The van der Waals surface area contributed by atoms with Crippen molar-refractivity contribution < 1.29 is 21.6 Å². The van der Waals surface area contributed by atoms with E-state index in [0.29, 0.717) is 5.56 Å². The Kier molecular flexibility index (Phi) is 7.75. The number of amides is 1.